The van der Waals surface area contributed by atoms with Crippen LogP contribution in [0.5, 0.6) is 0 Å². The average molecular weight is 284 g/mol. The maximum absolute atomic E-state index is 11.8. The van der Waals surface area contributed by atoms with Gasteiger partial charge in [-0.05, 0) is 26.2 Å². The highest BCUT2D eigenvalue weighted by molar-refractivity contribution is 5.79. The van der Waals surface area contributed by atoms with E-state index in [4.69, 9.17) is 5.11 Å². The number of carbonyl (C=O) groups is 2. The van der Waals surface area contributed by atoms with Gasteiger partial charge in [-0.1, -0.05) is 32.1 Å². The van der Waals surface area contributed by atoms with Crippen molar-refractivity contribution in [1.29, 1.82) is 0 Å². The molecule has 1 rings (SSSR count). The molecule has 0 unspecified atom stereocenters. The molecule has 20 heavy (non-hydrogen) atoms. The third-order valence-electron chi connectivity index (χ3n) is 4.01. The molecule has 1 saturated carbocycles. The van der Waals surface area contributed by atoms with Gasteiger partial charge in [-0.2, -0.15) is 0 Å². The van der Waals surface area contributed by atoms with E-state index in [2.05, 4.69) is 5.32 Å². The van der Waals surface area contributed by atoms with Gasteiger partial charge in [0.1, 0.15) is 0 Å². The van der Waals surface area contributed by atoms with Crippen LogP contribution < -0.4 is 5.32 Å². The molecule has 0 aliphatic heterocycles. The Hall–Kier alpha value is -1.10. The lowest BCUT2D eigenvalue weighted by Gasteiger charge is -2.24. The van der Waals surface area contributed by atoms with Crippen LogP contribution >= 0.6 is 0 Å². The van der Waals surface area contributed by atoms with Crippen molar-refractivity contribution >= 4 is 11.9 Å². The van der Waals surface area contributed by atoms with E-state index in [1.807, 2.05) is 13.8 Å². The molecule has 0 heterocycles. The standard InChI is InChI=1S/C15H28N2O3/c1-12(2)17(11-15(19)20)10-14(18)16-9-8-13-6-4-3-5-7-13/h12-13H,3-11H2,1-2H3,(H,16,18)(H,19,20). The molecule has 2 N–H and O–H groups in total. The second kappa shape index (κ2) is 8.95. The summed E-state index contributed by atoms with van der Waals surface area (Å²) in [5, 5.41) is 11.7. The maximum atomic E-state index is 11.8. The highest BCUT2D eigenvalue weighted by Gasteiger charge is 2.17. The highest BCUT2D eigenvalue weighted by atomic mass is 16.4. The lowest BCUT2D eigenvalue weighted by Crippen LogP contribution is -2.43. The molecule has 5 heteroatoms. The molecule has 116 valence electrons. The van der Waals surface area contributed by atoms with E-state index in [0.29, 0.717) is 6.54 Å². The van der Waals surface area contributed by atoms with Crippen LogP contribution in [0.25, 0.3) is 0 Å². The SMILES string of the molecule is CC(C)N(CC(=O)O)CC(=O)NCCC1CCCCC1. The number of rotatable bonds is 8. The van der Waals surface area contributed by atoms with Crippen LogP contribution in [-0.2, 0) is 9.59 Å². The van der Waals surface area contributed by atoms with Crippen molar-refractivity contribution in [3.05, 3.63) is 0 Å². The van der Waals surface area contributed by atoms with Crippen LogP contribution in [0.2, 0.25) is 0 Å². The molecule has 0 bridgehead atoms. The Bertz CT molecular complexity index is 312. The summed E-state index contributed by atoms with van der Waals surface area (Å²) in [5.41, 5.74) is 0. The number of nitrogens with zero attached hydrogens (tertiary/aromatic N) is 1. The van der Waals surface area contributed by atoms with Crippen molar-refractivity contribution in [3.8, 4) is 0 Å². The summed E-state index contributed by atoms with van der Waals surface area (Å²) in [6.07, 6.45) is 7.60. The van der Waals surface area contributed by atoms with Crippen LogP contribution in [0.3, 0.4) is 0 Å². The normalized spacial score (nSPS) is 16.6. The Labute approximate surface area is 121 Å². The van der Waals surface area contributed by atoms with Gasteiger partial charge in [-0.15, -0.1) is 0 Å². The molecule has 5 nitrogen and oxygen atoms in total. The third kappa shape index (κ3) is 6.89. The van der Waals surface area contributed by atoms with Gasteiger partial charge >= 0.3 is 5.97 Å². The number of hydrogen-bond acceptors (Lipinski definition) is 3. The van der Waals surface area contributed by atoms with Gasteiger partial charge in [-0.3, -0.25) is 14.5 Å². The minimum absolute atomic E-state index is 0.0511. The predicted molar refractivity (Wildman–Crippen MR) is 78.5 cm³/mol. The van der Waals surface area contributed by atoms with Gasteiger partial charge in [-0.25, -0.2) is 0 Å². The molecule has 0 aromatic carbocycles. The van der Waals surface area contributed by atoms with Crippen LogP contribution in [-0.4, -0.2) is 47.6 Å². The molecule has 1 aliphatic rings. The fourth-order valence-electron chi connectivity index (χ4n) is 2.73. The zero-order chi connectivity index (χ0) is 15.0. The summed E-state index contributed by atoms with van der Waals surface area (Å²) in [6.45, 7) is 4.58. The zero-order valence-electron chi connectivity index (χ0n) is 12.7. The summed E-state index contributed by atoms with van der Waals surface area (Å²) >= 11 is 0. The number of nitrogens with one attached hydrogen (secondary N) is 1. The first-order valence-electron chi connectivity index (χ1n) is 7.71. The number of amides is 1. The van der Waals surface area contributed by atoms with E-state index < -0.39 is 5.97 Å². The first-order valence-corrected chi connectivity index (χ1v) is 7.71. The molecule has 0 atom stereocenters. The second-order valence-corrected chi connectivity index (χ2v) is 6.04. The minimum Gasteiger partial charge on any atom is -0.480 e. The van der Waals surface area contributed by atoms with E-state index in [0.717, 1.165) is 12.3 Å². The van der Waals surface area contributed by atoms with Gasteiger partial charge in [0, 0.05) is 12.6 Å². The molecule has 0 spiro atoms. The smallest absolute Gasteiger partial charge is 0.317 e. The van der Waals surface area contributed by atoms with Gasteiger partial charge in [0.25, 0.3) is 0 Å². The average Bonchev–Trinajstić information content (AvgIpc) is 2.38. The summed E-state index contributed by atoms with van der Waals surface area (Å²) in [5.74, 6) is -0.214. The molecule has 0 aromatic heterocycles. The Kier molecular flexibility index (Phi) is 7.59. The van der Waals surface area contributed by atoms with E-state index in [1.54, 1.807) is 4.90 Å². The van der Waals surface area contributed by atoms with Gasteiger partial charge in [0.05, 0.1) is 13.1 Å². The minimum atomic E-state index is -0.895. The maximum Gasteiger partial charge on any atom is 0.317 e. The fraction of sp³-hybridized carbons (Fsp3) is 0.867. The number of carboxylic acids is 1. The summed E-state index contributed by atoms with van der Waals surface area (Å²) in [7, 11) is 0. The topological polar surface area (TPSA) is 69.6 Å². The molecule has 1 amide bonds. The zero-order valence-corrected chi connectivity index (χ0v) is 12.7. The van der Waals surface area contributed by atoms with Crippen molar-refractivity contribution in [1.82, 2.24) is 10.2 Å². The Morgan fingerprint density at radius 3 is 2.40 bits per heavy atom. The first-order chi connectivity index (χ1) is 9.49. The molecule has 1 aliphatic carbocycles. The van der Waals surface area contributed by atoms with E-state index in [-0.39, 0.29) is 25.0 Å². The van der Waals surface area contributed by atoms with E-state index >= 15 is 0 Å². The number of carboxylic acid groups (broad SMARTS) is 1. The molecular formula is C15H28N2O3. The van der Waals surface area contributed by atoms with Gasteiger partial charge < -0.3 is 10.4 Å². The van der Waals surface area contributed by atoms with Crippen molar-refractivity contribution in [2.45, 2.75) is 58.4 Å². The van der Waals surface area contributed by atoms with Crippen molar-refractivity contribution in [3.63, 3.8) is 0 Å². The summed E-state index contributed by atoms with van der Waals surface area (Å²) in [4.78, 5) is 24.2. The monoisotopic (exact) mass is 284 g/mol. The largest absolute Gasteiger partial charge is 0.480 e. The lowest BCUT2D eigenvalue weighted by molar-refractivity contribution is -0.139. The van der Waals surface area contributed by atoms with Gasteiger partial charge in [0.15, 0.2) is 0 Å². The number of aliphatic carboxylic acids is 1. The lowest BCUT2D eigenvalue weighted by atomic mass is 9.87. The Morgan fingerprint density at radius 1 is 1.20 bits per heavy atom. The van der Waals surface area contributed by atoms with Crippen molar-refractivity contribution < 1.29 is 14.7 Å². The Balaban J connectivity index is 2.21. The van der Waals surface area contributed by atoms with Crippen LogP contribution in [0.4, 0.5) is 0 Å². The Morgan fingerprint density at radius 2 is 1.85 bits per heavy atom. The molecule has 1 fully saturated rings. The molecule has 0 aromatic rings. The first kappa shape index (κ1) is 17.0. The van der Waals surface area contributed by atoms with Crippen molar-refractivity contribution in [2.75, 3.05) is 19.6 Å². The highest BCUT2D eigenvalue weighted by Crippen LogP contribution is 2.25. The van der Waals surface area contributed by atoms with Crippen LogP contribution in [0.15, 0.2) is 0 Å². The molecule has 0 saturated heterocycles. The predicted octanol–water partition coefficient (Wildman–Crippen LogP) is 1.87. The number of carbonyl (C=O) groups excluding carboxylic acids is 1. The van der Waals surface area contributed by atoms with Crippen LogP contribution in [0.1, 0.15) is 52.4 Å². The molecular weight excluding hydrogens is 256 g/mol. The molecule has 0 radical (unpaired) electrons. The second-order valence-electron chi connectivity index (χ2n) is 6.04. The number of hydrogen-bond donors (Lipinski definition) is 2. The van der Waals surface area contributed by atoms with E-state index in [1.165, 1.54) is 32.1 Å². The summed E-state index contributed by atoms with van der Waals surface area (Å²) < 4.78 is 0. The van der Waals surface area contributed by atoms with Gasteiger partial charge in [0.2, 0.25) is 5.91 Å². The van der Waals surface area contributed by atoms with Crippen LogP contribution in [0, 0.1) is 5.92 Å². The van der Waals surface area contributed by atoms with E-state index in [9.17, 15) is 9.59 Å². The quantitative estimate of drug-likeness (QED) is 0.714. The fourth-order valence-corrected chi connectivity index (χ4v) is 2.73. The van der Waals surface area contributed by atoms with Crippen molar-refractivity contribution in [2.24, 2.45) is 5.92 Å². The summed E-state index contributed by atoms with van der Waals surface area (Å²) in [6, 6.07) is 0.0511. The third-order valence-corrected chi connectivity index (χ3v) is 4.01.